The van der Waals surface area contributed by atoms with Gasteiger partial charge in [-0.05, 0) is 91.8 Å². The molecule has 0 unspecified atom stereocenters. The molecule has 0 spiro atoms. The van der Waals surface area contributed by atoms with Crippen LogP contribution in [0, 0.1) is 0 Å². The van der Waals surface area contributed by atoms with E-state index < -0.39 is 0 Å². The molecule has 0 N–H and O–H groups in total. The Hall–Kier alpha value is -6.58. The Kier molecular flexibility index (Phi) is 5.38. The van der Waals surface area contributed by atoms with Gasteiger partial charge in [-0.15, -0.1) is 0 Å². The number of furan rings is 3. The van der Waals surface area contributed by atoms with Crippen molar-refractivity contribution in [3.8, 4) is 33.4 Å². The Bertz CT molecular complexity index is 3040. The Morgan fingerprint density at radius 2 is 0.816 bits per heavy atom. The summed E-state index contributed by atoms with van der Waals surface area (Å²) < 4.78 is 18.9. The third kappa shape index (κ3) is 3.78. The fourth-order valence-corrected chi connectivity index (χ4v) is 7.95. The van der Waals surface area contributed by atoms with Gasteiger partial charge in [0.15, 0.2) is 11.2 Å². The summed E-state index contributed by atoms with van der Waals surface area (Å²) in [5, 5.41) is 10.3. The molecule has 0 aliphatic heterocycles. The first-order valence-electron chi connectivity index (χ1n) is 16.6. The standard InChI is InChI=1S/C46H26O3/c1-2-10-27(11-3-1)39-26-47-45-36(39)21-20-35-38-25-29(19-23-42(38)49-46(35)45)44-33-15-6-4-13-31(33)43(32-14-5-7-16-34(32)44)28-18-22-41-37(24-28)30-12-8-9-17-40(30)48-41/h1-26H. The topological polar surface area (TPSA) is 39.4 Å². The molecular weight excluding hydrogens is 601 g/mol. The highest BCUT2D eigenvalue weighted by atomic mass is 16.4. The first kappa shape index (κ1) is 26.5. The minimum Gasteiger partial charge on any atom is -0.460 e. The van der Waals surface area contributed by atoms with Gasteiger partial charge in [0.1, 0.15) is 16.7 Å². The van der Waals surface area contributed by atoms with Crippen molar-refractivity contribution in [2.45, 2.75) is 0 Å². The van der Waals surface area contributed by atoms with Crippen LogP contribution in [0.15, 0.2) is 171 Å². The van der Waals surface area contributed by atoms with Crippen molar-refractivity contribution in [3.05, 3.63) is 158 Å². The van der Waals surface area contributed by atoms with Crippen molar-refractivity contribution in [1.82, 2.24) is 0 Å². The lowest BCUT2D eigenvalue weighted by molar-refractivity contribution is 0.600. The zero-order valence-electron chi connectivity index (χ0n) is 26.2. The molecular formula is C46H26O3. The smallest absolute Gasteiger partial charge is 0.178 e. The Balaban J connectivity index is 1.15. The van der Waals surface area contributed by atoms with E-state index >= 15 is 0 Å². The van der Waals surface area contributed by atoms with Crippen molar-refractivity contribution in [1.29, 1.82) is 0 Å². The minimum absolute atomic E-state index is 0.775. The molecule has 0 saturated heterocycles. The summed E-state index contributed by atoms with van der Waals surface area (Å²) in [6, 6.07) is 53.7. The summed E-state index contributed by atoms with van der Waals surface area (Å²) in [6.07, 6.45) is 1.84. The average molecular weight is 627 g/mol. The molecule has 0 saturated carbocycles. The van der Waals surface area contributed by atoms with E-state index in [4.69, 9.17) is 13.3 Å². The molecule has 11 aromatic rings. The zero-order valence-corrected chi connectivity index (χ0v) is 26.2. The monoisotopic (exact) mass is 626 g/mol. The molecule has 0 radical (unpaired) electrons. The second kappa shape index (κ2) is 9.96. The normalized spacial score (nSPS) is 12.1. The fraction of sp³-hybridized carbons (Fsp3) is 0. The van der Waals surface area contributed by atoms with E-state index in [0.717, 1.165) is 71.5 Å². The second-order valence-electron chi connectivity index (χ2n) is 12.8. The number of para-hydroxylation sites is 1. The predicted molar refractivity (Wildman–Crippen MR) is 202 cm³/mol. The number of benzene rings is 8. The highest BCUT2D eigenvalue weighted by Gasteiger charge is 2.20. The van der Waals surface area contributed by atoms with Crippen LogP contribution in [0.3, 0.4) is 0 Å². The van der Waals surface area contributed by atoms with Gasteiger partial charge in [-0.1, -0.05) is 109 Å². The van der Waals surface area contributed by atoms with Gasteiger partial charge < -0.3 is 13.3 Å². The Morgan fingerprint density at radius 1 is 0.306 bits per heavy atom. The first-order valence-corrected chi connectivity index (χ1v) is 16.6. The molecule has 0 amide bonds. The Labute approximate surface area is 280 Å². The summed E-state index contributed by atoms with van der Waals surface area (Å²) in [7, 11) is 0. The number of hydrogen-bond donors (Lipinski definition) is 0. The van der Waals surface area contributed by atoms with Crippen molar-refractivity contribution in [3.63, 3.8) is 0 Å². The van der Waals surface area contributed by atoms with Crippen LogP contribution in [0.5, 0.6) is 0 Å². The maximum atomic E-state index is 6.52. The molecule has 0 aliphatic rings. The molecule has 3 heteroatoms. The molecule has 228 valence electrons. The third-order valence-electron chi connectivity index (χ3n) is 10.1. The maximum Gasteiger partial charge on any atom is 0.178 e. The molecule has 0 fully saturated rings. The van der Waals surface area contributed by atoms with Crippen molar-refractivity contribution in [2.75, 3.05) is 0 Å². The van der Waals surface area contributed by atoms with E-state index in [2.05, 4.69) is 133 Å². The first-order chi connectivity index (χ1) is 24.3. The largest absolute Gasteiger partial charge is 0.460 e. The highest BCUT2D eigenvalue weighted by molar-refractivity contribution is 6.23. The number of fused-ring (bicyclic) bond motifs is 10. The van der Waals surface area contributed by atoms with Crippen molar-refractivity contribution < 1.29 is 13.3 Å². The molecule has 0 atom stereocenters. The second-order valence-corrected chi connectivity index (χ2v) is 12.8. The fourth-order valence-electron chi connectivity index (χ4n) is 7.95. The predicted octanol–water partition coefficient (Wildman–Crippen LogP) is 13.5. The quantitative estimate of drug-likeness (QED) is 0.183. The maximum absolute atomic E-state index is 6.52. The van der Waals surface area contributed by atoms with Crippen molar-refractivity contribution in [2.24, 2.45) is 0 Å². The van der Waals surface area contributed by atoms with Gasteiger partial charge >= 0.3 is 0 Å². The van der Waals surface area contributed by atoms with E-state index in [1.165, 1.54) is 38.2 Å². The van der Waals surface area contributed by atoms with Crippen LogP contribution in [0.25, 0.3) is 110 Å². The lowest BCUT2D eigenvalue weighted by Gasteiger charge is -2.17. The van der Waals surface area contributed by atoms with Gasteiger partial charge in [0, 0.05) is 32.5 Å². The molecule has 0 aliphatic carbocycles. The van der Waals surface area contributed by atoms with Gasteiger partial charge in [0.25, 0.3) is 0 Å². The molecule has 8 aromatic carbocycles. The SMILES string of the molecule is c1ccc(-c2coc3c2ccc2c4cc(-c5c6ccccc6c(-c6ccc7oc8ccccc8c7c6)c6ccccc56)ccc4oc23)cc1. The van der Waals surface area contributed by atoms with E-state index in [1.807, 2.05) is 24.5 Å². The Morgan fingerprint density at radius 3 is 1.47 bits per heavy atom. The van der Waals surface area contributed by atoms with Gasteiger partial charge in [0.2, 0.25) is 0 Å². The summed E-state index contributed by atoms with van der Waals surface area (Å²) in [5.74, 6) is 0. The van der Waals surface area contributed by atoms with Gasteiger partial charge in [-0.25, -0.2) is 0 Å². The lowest BCUT2D eigenvalue weighted by Crippen LogP contribution is -1.90. The van der Waals surface area contributed by atoms with Crippen LogP contribution in [0.2, 0.25) is 0 Å². The molecule has 49 heavy (non-hydrogen) atoms. The summed E-state index contributed by atoms with van der Waals surface area (Å²) in [6.45, 7) is 0. The van der Waals surface area contributed by atoms with Crippen LogP contribution in [0.4, 0.5) is 0 Å². The van der Waals surface area contributed by atoms with Gasteiger partial charge in [-0.2, -0.15) is 0 Å². The van der Waals surface area contributed by atoms with E-state index in [0.29, 0.717) is 0 Å². The molecule has 3 aromatic heterocycles. The van der Waals surface area contributed by atoms with Crippen LogP contribution < -0.4 is 0 Å². The average Bonchev–Trinajstić information content (AvgIpc) is 3.87. The van der Waals surface area contributed by atoms with E-state index in [9.17, 15) is 0 Å². The lowest BCUT2D eigenvalue weighted by atomic mass is 9.85. The number of hydrogen-bond acceptors (Lipinski definition) is 3. The van der Waals surface area contributed by atoms with Gasteiger partial charge in [0.05, 0.1) is 6.26 Å². The summed E-state index contributed by atoms with van der Waals surface area (Å²) >= 11 is 0. The minimum atomic E-state index is 0.775. The number of rotatable bonds is 3. The van der Waals surface area contributed by atoms with E-state index in [1.54, 1.807) is 0 Å². The third-order valence-corrected chi connectivity index (χ3v) is 10.1. The highest BCUT2D eigenvalue weighted by Crippen LogP contribution is 2.46. The van der Waals surface area contributed by atoms with E-state index in [-0.39, 0.29) is 0 Å². The van der Waals surface area contributed by atoms with Crippen molar-refractivity contribution >= 4 is 76.4 Å². The zero-order chi connectivity index (χ0) is 32.1. The molecule has 3 heterocycles. The van der Waals surface area contributed by atoms with Crippen LogP contribution in [-0.4, -0.2) is 0 Å². The summed E-state index contributed by atoms with van der Waals surface area (Å²) in [4.78, 5) is 0. The van der Waals surface area contributed by atoms with Gasteiger partial charge in [-0.3, -0.25) is 0 Å². The van der Waals surface area contributed by atoms with Crippen LogP contribution in [-0.2, 0) is 0 Å². The molecule has 3 nitrogen and oxygen atoms in total. The molecule has 0 bridgehead atoms. The molecule has 11 rings (SSSR count). The van der Waals surface area contributed by atoms with Crippen LogP contribution >= 0.6 is 0 Å². The van der Waals surface area contributed by atoms with Crippen LogP contribution in [0.1, 0.15) is 0 Å². The summed E-state index contributed by atoms with van der Waals surface area (Å²) in [5.41, 5.74) is 11.2.